The number of H-pyrrole nitrogens is 2. The van der Waals surface area contributed by atoms with Gasteiger partial charge in [-0.25, -0.2) is 14.8 Å². The first kappa shape index (κ1) is 30.4. The monoisotopic (exact) mass is 549 g/mol. The predicted octanol–water partition coefficient (Wildman–Crippen LogP) is -3.09. The largest absolute Gasteiger partial charge is 0.481 e. The second-order valence-corrected chi connectivity index (χ2v) is 8.63. The zero-order chi connectivity index (χ0) is 28.9. The molecule has 0 aliphatic rings. The van der Waals surface area contributed by atoms with Crippen molar-refractivity contribution in [3.63, 3.8) is 0 Å². The Hall–Kier alpha value is -4.80. The summed E-state index contributed by atoms with van der Waals surface area (Å²) >= 11 is 0. The second-order valence-electron chi connectivity index (χ2n) is 8.63. The van der Waals surface area contributed by atoms with Gasteiger partial charge >= 0.3 is 11.9 Å². The number of aliphatic carboxylic acids is 2. The van der Waals surface area contributed by atoms with Gasteiger partial charge in [-0.1, -0.05) is 0 Å². The Morgan fingerprint density at radius 2 is 1.28 bits per heavy atom. The summed E-state index contributed by atoms with van der Waals surface area (Å²) in [4.78, 5) is 85.8. The number of carbonyl (C=O) groups excluding carboxylic acids is 4. The summed E-state index contributed by atoms with van der Waals surface area (Å²) in [6.45, 7) is 0. The standard InChI is InChI=1S/C22H31N9O8/c23-13(5-11-7-25-9-27-11)19(35)29-14(2-4-18(33)34)20(36)31-16(6-12-8-26-10-28-12)21(37)30-15(22(38)39)1-3-17(24)32/h7-10,13-16H,1-6,23H2,(H2,24,32)(H,25,27)(H,26,28)(H,29,35)(H,30,37)(H,31,36)(H,33,34)(H,38,39). The summed E-state index contributed by atoms with van der Waals surface area (Å²) in [6.07, 6.45) is 4.08. The Morgan fingerprint density at radius 1 is 0.769 bits per heavy atom. The van der Waals surface area contributed by atoms with Gasteiger partial charge in [-0.05, 0) is 12.8 Å². The number of hydrogen-bond donors (Lipinski definition) is 9. The van der Waals surface area contributed by atoms with E-state index in [1.54, 1.807) is 0 Å². The zero-order valence-corrected chi connectivity index (χ0v) is 20.8. The number of aromatic nitrogens is 4. The Morgan fingerprint density at radius 3 is 1.79 bits per heavy atom. The van der Waals surface area contributed by atoms with Gasteiger partial charge in [0.05, 0.1) is 18.7 Å². The molecule has 4 unspecified atom stereocenters. The minimum Gasteiger partial charge on any atom is -0.481 e. The minimum atomic E-state index is -1.48. The highest BCUT2D eigenvalue weighted by Gasteiger charge is 2.31. The van der Waals surface area contributed by atoms with E-state index in [4.69, 9.17) is 16.6 Å². The van der Waals surface area contributed by atoms with Crippen molar-refractivity contribution < 1.29 is 39.0 Å². The van der Waals surface area contributed by atoms with Gasteiger partial charge in [-0.15, -0.1) is 0 Å². The number of hydrogen-bond acceptors (Lipinski definition) is 9. The van der Waals surface area contributed by atoms with Gasteiger partial charge < -0.3 is 47.6 Å². The smallest absolute Gasteiger partial charge is 0.326 e. The summed E-state index contributed by atoms with van der Waals surface area (Å²) in [7, 11) is 0. The first-order valence-electron chi connectivity index (χ1n) is 11.8. The van der Waals surface area contributed by atoms with Gasteiger partial charge in [-0.3, -0.25) is 24.0 Å². The maximum Gasteiger partial charge on any atom is 0.326 e. The lowest BCUT2D eigenvalue weighted by Gasteiger charge is -2.25. The third-order valence-corrected chi connectivity index (χ3v) is 5.52. The highest BCUT2D eigenvalue weighted by Crippen LogP contribution is 2.06. The lowest BCUT2D eigenvalue weighted by atomic mass is 10.1. The highest BCUT2D eigenvalue weighted by molar-refractivity contribution is 5.94. The summed E-state index contributed by atoms with van der Waals surface area (Å²) in [5.41, 5.74) is 11.9. The van der Waals surface area contributed by atoms with E-state index in [1.807, 2.05) is 0 Å². The summed E-state index contributed by atoms with van der Waals surface area (Å²) in [6, 6.07) is -5.33. The molecule has 0 bridgehead atoms. The number of aromatic amines is 2. The molecule has 2 aromatic rings. The Labute approximate surface area is 221 Å². The Kier molecular flexibility index (Phi) is 11.6. The van der Waals surface area contributed by atoms with Gasteiger partial charge in [0.2, 0.25) is 23.6 Å². The van der Waals surface area contributed by atoms with Gasteiger partial charge in [0.15, 0.2) is 0 Å². The minimum absolute atomic E-state index is 0.0613. The molecule has 0 aliphatic heterocycles. The fourth-order valence-electron chi connectivity index (χ4n) is 3.46. The van der Waals surface area contributed by atoms with Crippen LogP contribution in [-0.4, -0.2) is 89.9 Å². The van der Waals surface area contributed by atoms with Crippen molar-refractivity contribution >= 4 is 35.6 Å². The van der Waals surface area contributed by atoms with E-state index < -0.39 is 66.2 Å². The number of carboxylic acids is 2. The number of nitrogens with zero attached hydrogens (tertiary/aromatic N) is 2. The van der Waals surface area contributed by atoms with Crippen molar-refractivity contribution in [1.29, 1.82) is 0 Å². The number of rotatable bonds is 17. The van der Waals surface area contributed by atoms with Gasteiger partial charge in [-0.2, -0.15) is 0 Å². The summed E-state index contributed by atoms with van der Waals surface area (Å²) in [5, 5.41) is 25.6. The molecule has 17 heteroatoms. The van der Waals surface area contributed by atoms with Crippen molar-refractivity contribution in [1.82, 2.24) is 35.9 Å². The lowest BCUT2D eigenvalue weighted by Crippen LogP contribution is -2.58. The fraction of sp³-hybridized carbons (Fsp3) is 0.455. The van der Waals surface area contributed by atoms with E-state index in [0.717, 1.165) is 0 Å². The van der Waals surface area contributed by atoms with Crippen LogP contribution >= 0.6 is 0 Å². The quantitative estimate of drug-likeness (QED) is 0.0952. The second kappa shape index (κ2) is 14.8. The topological polar surface area (TPSA) is 288 Å². The molecule has 4 atom stereocenters. The molecule has 0 aromatic carbocycles. The molecule has 0 radical (unpaired) electrons. The maximum atomic E-state index is 13.1. The van der Waals surface area contributed by atoms with Crippen molar-refractivity contribution in [2.45, 2.75) is 62.7 Å². The molecule has 2 rings (SSSR count). The van der Waals surface area contributed by atoms with E-state index in [0.29, 0.717) is 11.4 Å². The first-order valence-corrected chi connectivity index (χ1v) is 11.8. The van der Waals surface area contributed by atoms with Crippen LogP contribution in [-0.2, 0) is 41.6 Å². The van der Waals surface area contributed by atoms with Crippen LogP contribution in [0.3, 0.4) is 0 Å². The summed E-state index contributed by atoms with van der Waals surface area (Å²) in [5.74, 6) is -5.97. The van der Waals surface area contributed by atoms with Crippen LogP contribution in [0.15, 0.2) is 25.0 Å². The van der Waals surface area contributed by atoms with Gasteiger partial charge in [0, 0.05) is 49.5 Å². The van der Waals surface area contributed by atoms with Crippen molar-refractivity contribution in [3.8, 4) is 0 Å². The van der Waals surface area contributed by atoms with E-state index in [9.17, 15) is 33.9 Å². The van der Waals surface area contributed by atoms with Crippen LogP contribution < -0.4 is 27.4 Å². The average Bonchev–Trinajstić information content (AvgIpc) is 3.57. The van der Waals surface area contributed by atoms with Crippen LogP contribution in [0.25, 0.3) is 0 Å². The molecular formula is C22H31N9O8. The van der Waals surface area contributed by atoms with E-state index in [-0.39, 0.29) is 32.1 Å². The van der Waals surface area contributed by atoms with Gasteiger partial charge in [0.1, 0.15) is 18.1 Å². The molecule has 4 amide bonds. The molecule has 0 spiro atoms. The Balaban J connectivity index is 2.18. The number of carboxylic acid groups (broad SMARTS) is 2. The third-order valence-electron chi connectivity index (χ3n) is 5.52. The lowest BCUT2D eigenvalue weighted by molar-refractivity contribution is -0.142. The molecule has 2 heterocycles. The Bertz CT molecular complexity index is 1140. The molecule has 39 heavy (non-hydrogen) atoms. The van der Waals surface area contributed by atoms with Crippen LogP contribution in [0, 0.1) is 0 Å². The number of nitrogens with one attached hydrogen (secondary N) is 5. The third kappa shape index (κ3) is 10.6. The number of carbonyl (C=O) groups is 6. The summed E-state index contributed by atoms with van der Waals surface area (Å²) < 4.78 is 0. The molecular weight excluding hydrogens is 518 g/mol. The molecule has 0 aliphatic carbocycles. The van der Waals surface area contributed by atoms with Crippen LogP contribution in [0.5, 0.6) is 0 Å². The first-order chi connectivity index (χ1) is 18.5. The van der Waals surface area contributed by atoms with Crippen molar-refractivity contribution in [2.75, 3.05) is 0 Å². The maximum absolute atomic E-state index is 13.1. The number of primary amides is 1. The van der Waals surface area contributed by atoms with E-state index >= 15 is 0 Å². The predicted molar refractivity (Wildman–Crippen MR) is 131 cm³/mol. The molecule has 0 fully saturated rings. The van der Waals surface area contributed by atoms with Crippen LogP contribution in [0.1, 0.15) is 37.1 Å². The van der Waals surface area contributed by atoms with E-state index in [1.165, 1.54) is 25.0 Å². The van der Waals surface area contributed by atoms with Crippen LogP contribution in [0.2, 0.25) is 0 Å². The average molecular weight is 550 g/mol. The van der Waals surface area contributed by atoms with Crippen LogP contribution in [0.4, 0.5) is 0 Å². The molecule has 0 saturated carbocycles. The van der Waals surface area contributed by atoms with Gasteiger partial charge in [0.25, 0.3) is 0 Å². The van der Waals surface area contributed by atoms with Crippen molar-refractivity contribution in [2.24, 2.45) is 11.5 Å². The molecule has 2 aromatic heterocycles. The molecule has 17 nitrogen and oxygen atoms in total. The highest BCUT2D eigenvalue weighted by atomic mass is 16.4. The van der Waals surface area contributed by atoms with E-state index in [2.05, 4.69) is 35.9 Å². The normalized spacial score (nSPS) is 13.9. The molecule has 0 saturated heterocycles. The number of imidazole rings is 2. The molecule has 11 N–H and O–H groups in total. The zero-order valence-electron chi connectivity index (χ0n) is 20.8. The molecule has 212 valence electrons. The fourth-order valence-corrected chi connectivity index (χ4v) is 3.46. The SMILES string of the molecule is NC(=O)CCC(NC(=O)C(Cc1cnc[nH]1)NC(=O)C(CCC(=O)O)NC(=O)C(N)Cc1cnc[nH]1)C(=O)O. The number of nitrogens with two attached hydrogens (primary N) is 2. The van der Waals surface area contributed by atoms with Crippen molar-refractivity contribution in [3.05, 3.63) is 36.4 Å². The number of amides is 4.